The van der Waals surface area contributed by atoms with Crippen LogP contribution < -0.4 is 10.1 Å². The van der Waals surface area contributed by atoms with Crippen molar-refractivity contribution in [2.24, 2.45) is 5.92 Å². The number of benzene rings is 1. The van der Waals surface area contributed by atoms with Gasteiger partial charge in [0.15, 0.2) is 0 Å². The minimum atomic E-state index is 0.529. The molecule has 1 aromatic rings. The Kier molecular flexibility index (Phi) is 3.70. The summed E-state index contributed by atoms with van der Waals surface area (Å²) < 4.78 is 5.33. The first-order valence-corrected chi connectivity index (χ1v) is 6.19. The zero-order valence-corrected chi connectivity index (χ0v) is 10.2. The van der Waals surface area contributed by atoms with E-state index in [1.54, 1.807) is 7.11 Å². The van der Waals surface area contributed by atoms with Crippen LogP contribution in [0.25, 0.3) is 0 Å². The normalized spacial score (nSPS) is 17.6. The summed E-state index contributed by atoms with van der Waals surface area (Å²) in [5, 5.41) is 3.54. The number of nitrogens with one attached hydrogen (secondary N) is 1. The molecule has 0 bridgehead atoms. The van der Waals surface area contributed by atoms with E-state index < -0.39 is 0 Å². The highest BCUT2D eigenvalue weighted by atomic mass is 16.5. The van der Waals surface area contributed by atoms with Gasteiger partial charge in [-0.1, -0.05) is 31.4 Å². The van der Waals surface area contributed by atoms with Crippen LogP contribution in [0.1, 0.15) is 32.6 Å². The first-order valence-electron chi connectivity index (χ1n) is 6.19. The third-order valence-corrected chi connectivity index (χ3v) is 3.42. The molecule has 0 spiro atoms. The van der Waals surface area contributed by atoms with E-state index in [2.05, 4.69) is 18.3 Å². The molecule has 0 radical (unpaired) electrons. The lowest BCUT2D eigenvalue weighted by molar-refractivity contribution is 0.285. The maximum absolute atomic E-state index is 5.33. The molecule has 0 aromatic heterocycles. The van der Waals surface area contributed by atoms with Gasteiger partial charge >= 0.3 is 0 Å². The first kappa shape index (κ1) is 11.3. The average Bonchev–Trinajstić information content (AvgIpc) is 2.24. The number of para-hydroxylation sites is 2. The summed E-state index contributed by atoms with van der Waals surface area (Å²) in [5.41, 5.74) is 1.11. The second kappa shape index (κ2) is 5.24. The average molecular weight is 219 g/mol. The van der Waals surface area contributed by atoms with Crippen molar-refractivity contribution in [3.05, 3.63) is 24.3 Å². The van der Waals surface area contributed by atoms with Crippen LogP contribution in [0.15, 0.2) is 24.3 Å². The minimum Gasteiger partial charge on any atom is -0.495 e. The number of methoxy groups -OCH3 is 1. The molecular weight excluding hydrogens is 198 g/mol. The summed E-state index contributed by atoms with van der Waals surface area (Å²) in [4.78, 5) is 0. The van der Waals surface area contributed by atoms with Crippen molar-refractivity contribution < 1.29 is 4.74 Å². The van der Waals surface area contributed by atoms with Crippen LogP contribution in [0.4, 0.5) is 5.69 Å². The van der Waals surface area contributed by atoms with E-state index >= 15 is 0 Å². The fraction of sp³-hybridized carbons (Fsp3) is 0.571. The summed E-state index contributed by atoms with van der Waals surface area (Å²) in [5.74, 6) is 1.88. The van der Waals surface area contributed by atoms with Crippen molar-refractivity contribution in [1.29, 1.82) is 0 Å². The van der Waals surface area contributed by atoms with E-state index in [0.29, 0.717) is 6.04 Å². The lowest BCUT2D eigenvalue weighted by atomic mass is 9.81. The highest BCUT2D eigenvalue weighted by molar-refractivity contribution is 5.56. The highest BCUT2D eigenvalue weighted by Crippen LogP contribution is 2.32. The molecule has 1 unspecified atom stereocenters. The predicted molar refractivity (Wildman–Crippen MR) is 68.0 cm³/mol. The molecule has 0 aliphatic heterocycles. The van der Waals surface area contributed by atoms with Crippen LogP contribution >= 0.6 is 0 Å². The van der Waals surface area contributed by atoms with Crippen LogP contribution in [0, 0.1) is 5.92 Å². The van der Waals surface area contributed by atoms with Crippen molar-refractivity contribution in [3.63, 3.8) is 0 Å². The van der Waals surface area contributed by atoms with Crippen molar-refractivity contribution >= 4 is 5.69 Å². The maximum Gasteiger partial charge on any atom is 0.141 e. The molecule has 0 heterocycles. The Morgan fingerprint density at radius 1 is 1.38 bits per heavy atom. The summed E-state index contributed by atoms with van der Waals surface area (Å²) in [7, 11) is 1.72. The van der Waals surface area contributed by atoms with Gasteiger partial charge in [0.25, 0.3) is 0 Å². The molecule has 16 heavy (non-hydrogen) atoms. The molecule has 0 amide bonds. The SMILES string of the molecule is COc1ccccc1NC(C)CC1CCC1. The number of hydrogen-bond donors (Lipinski definition) is 1. The third-order valence-electron chi connectivity index (χ3n) is 3.42. The first-order chi connectivity index (χ1) is 7.79. The molecule has 2 rings (SSSR count). The minimum absolute atomic E-state index is 0.529. The Morgan fingerprint density at radius 3 is 2.75 bits per heavy atom. The maximum atomic E-state index is 5.33. The molecule has 2 heteroatoms. The molecular formula is C14H21NO. The largest absolute Gasteiger partial charge is 0.495 e. The zero-order valence-electron chi connectivity index (χ0n) is 10.2. The molecule has 1 aromatic carbocycles. The number of hydrogen-bond acceptors (Lipinski definition) is 2. The van der Waals surface area contributed by atoms with Crippen LogP contribution in [-0.4, -0.2) is 13.2 Å². The van der Waals surface area contributed by atoms with Crippen LogP contribution in [0.2, 0.25) is 0 Å². The molecule has 2 nitrogen and oxygen atoms in total. The summed E-state index contributed by atoms with van der Waals surface area (Å²) in [6.07, 6.45) is 5.53. The number of anilines is 1. The zero-order chi connectivity index (χ0) is 11.4. The van der Waals surface area contributed by atoms with Crippen molar-refractivity contribution in [2.75, 3.05) is 12.4 Å². The Labute approximate surface area is 98.0 Å². The summed E-state index contributed by atoms with van der Waals surface area (Å²) >= 11 is 0. The van der Waals surface area contributed by atoms with Gasteiger partial charge in [0, 0.05) is 6.04 Å². The standard InChI is InChI=1S/C14H21NO/c1-11(10-12-6-5-7-12)15-13-8-3-4-9-14(13)16-2/h3-4,8-9,11-12,15H,5-7,10H2,1-2H3. The molecule has 0 saturated heterocycles. The van der Waals surface area contributed by atoms with Crippen LogP contribution in [-0.2, 0) is 0 Å². The molecule has 88 valence electrons. The lowest BCUT2D eigenvalue weighted by Crippen LogP contribution is -2.23. The second-order valence-electron chi connectivity index (χ2n) is 4.78. The van der Waals surface area contributed by atoms with Gasteiger partial charge in [0.2, 0.25) is 0 Å². The molecule has 1 aliphatic carbocycles. The molecule has 1 fully saturated rings. The monoisotopic (exact) mass is 219 g/mol. The van der Waals surface area contributed by atoms with E-state index in [-0.39, 0.29) is 0 Å². The highest BCUT2D eigenvalue weighted by Gasteiger charge is 2.20. The fourth-order valence-electron chi connectivity index (χ4n) is 2.32. The third kappa shape index (κ3) is 2.69. The fourth-order valence-corrected chi connectivity index (χ4v) is 2.32. The second-order valence-corrected chi connectivity index (χ2v) is 4.78. The Hall–Kier alpha value is -1.18. The smallest absolute Gasteiger partial charge is 0.141 e. The predicted octanol–water partition coefficient (Wildman–Crippen LogP) is 3.69. The van der Waals surface area contributed by atoms with Crippen molar-refractivity contribution in [1.82, 2.24) is 0 Å². The van der Waals surface area contributed by atoms with E-state index in [0.717, 1.165) is 17.4 Å². The molecule has 1 N–H and O–H groups in total. The molecule has 1 atom stereocenters. The van der Waals surface area contributed by atoms with Crippen LogP contribution in [0.5, 0.6) is 5.75 Å². The van der Waals surface area contributed by atoms with Gasteiger partial charge in [-0.2, -0.15) is 0 Å². The summed E-state index contributed by atoms with van der Waals surface area (Å²) in [6.45, 7) is 2.25. The van der Waals surface area contributed by atoms with Gasteiger partial charge in [-0.3, -0.25) is 0 Å². The van der Waals surface area contributed by atoms with Gasteiger partial charge < -0.3 is 10.1 Å². The van der Waals surface area contributed by atoms with Gasteiger partial charge in [0.05, 0.1) is 12.8 Å². The van der Waals surface area contributed by atoms with Gasteiger partial charge in [-0.15, -0.1) is 0 Å². The van der Waals surface area contributed by atoms with E-state index in [1.807, 2.05) is 18.2 Å². The van der Waals surface area contributed by atoms with E-state index in [4.69, 9.17) is 4.74 Å². The number of ether oxygens (including phenoxy) is 1. The van der Waals surface area contributed by atoms with Gasteiger partial charge in [0.1, 0.15) is 5.75 Å². The lowest BCUT2D eigenvalue weighted by Gasteiger charge is -2.29. The number of rotatable bonds is 5. The van der Waals surface area contributed by atoms with E-state index in [9.17, 15) is 0 Å². The van der Waals surface area contributed by atoms with Crippen LogP contribution in [0.3, 0.4) is 0 Å². The molecule has 1 saturated carbocycles. The topological polar surface area (TPSA) is 21.3 Å². The Balaban J connectivity index is 1.91. The van der Waals surface area contributed by atoms with Crippen molar-refractivity contribution in [3.8, 4) is 5.75 Å². The molecule has 1 aliphatic rings. The van der Waals surface area contributed by atoms with Gasteiger partial charge in [-0.25, -0.2) is 0 Å². The Bertz CT molecular complexity index is 333. The van der Waals surface area contributed by atoms with E-state index in [1.165, 1.54) is 25.7 Å². The Morgan fingerprint density at radius 2 is 2.12 bits per heavy atom. The summed E-state index contributed by atoms with van der Waals surface area (Å²) in [6, 6.07) is 8.65. The van der Waals surface area contributed by atoms with Gasteiger partial charge in [-0.05, 0) is 31.4 Å². The quantitative estimate of drug-likeness (QED) is 0.815. The van der Waals surface area contributed by atoms with Crippen molar-refractivity contribution in [2.45, 2.75) is 38.6 Å².